The molecule has 1 N–H and O–H groups in total. The highest BCUT2D eigenvalue weighted by Crippen LogP contribution is 2.26. The van der Waals surface area contributed by atoms with Gasteiger partial charge in [-0.05, 0) is 49.1 Å². The summed E-state index contributed by atoms with van der Waals surface area (Å²) in [4.78, 5) is 17.6. The lowest BCUT2D eigenvalue weighted by atomic mass is 10.1. The fourth-order valence-corrected chi connectivity index (χ4v) is 3.16. The number of rotatable bonds is 3. The Hall–Kier alpha value is -3.06. The molecule has 0 unspecified atom stereocenters. The van der Waals surface area contributed by atoms with Crippen LogP contribution in [0.15, 0.2) is 48.8 Å². The topological polar surface area (TPSA) is 72.2 Å². The van der Waals surface area contributed by atoms with Crippen molar-refractivity contribution in [1.82, 2.24) is 19.0 Å². The average Bonchev–Trinajstić information content (AvgIpc) is 3.22. The van der Waals surface area contributed by atoms with Crippen LogP contribution in [0.4, 0.5) is 5.69 Å². The van der Waals surface area contributed by atoms with Gasteiger partial charge in [0.1, 0.15) is 10.5 Å². The van der Waals surface area contributed by atoms with Gasteiger partial charge < -0.3 is 9.72 Å². The molecule has 1 aromatic carbocycles. The highest BCUT2D eigenvalue weighted by Gasteiger charge is 2.15. The number of anilines is 1. The molecular weight excluding hydrogens is 334 g/mol. The molecule has 7 heteroatoms. The molecule has 0 radical (unpaired) electrons. The molecule has 4 rings (SSSR count). The van der Waals surface area contributed by atoms with Crippen LogP contribution in [0, 0.1) is 13.8 Å². The number of pyridine rings is 1. The third-order valence-electron chi connectivity index (χ3n) is 4.00. The first-order valence-corrected chi connectivity index (χ1v) is 8.54. The van der Waals surface area contributed by atoms with Crippen molar-refractivity contribution in [3.8, 4) is 11.3 Å². The molecule has 0 aliphatic heterocycles. The SMILES string of the molecule is Cc1ccc(-c2cn3ccccc3n2)cc1NC(=O)c1snnc1C. The van der Waals surface area contributed by atoms with E-state index >= 15 is 0 Å². The molecule has 3 aromatic heterocycles. The standard InChI is InChI=1S/C18H15N5OS/c1-11-6-7-13(15-10-23-8-4-3-5-16(23)19-15)9-14(11)20-18(24)17-12(2)21-22-25-17/h3-10H,1-2H3,(H,20,24). The van der Waals surface area contributed by atoms with E-state index in [2.05, 4.69) is 19.9 Å². The Bertz CT molecular complexity index is 1050. The highest BCUT2D eigenvalue weighted by atomic mass is 32.1. The van der Waals surface area contributed by atoms with E-state index in [9.17, 15) is 4.79 Å². The summed E-state index contributed by atoms with van der Waals surface area (Å²) >= 11 is 1.10. The van der Waals surface area contributed by atoms with E-state index in [1.54, 1.807) is 6.92 Å². The van der Waals surface area contributed by atoms with Gasteiger partial charge in [-0.1, -0.05) is 22.7 Å². The van der Waals surface area contributed by atoms with Crippen LogP contribution in [-0.4, -0.2) is 24.9 Å². The fourth-order valence-electron chi connectivity index (χ4n) is 2.61. The van der Waals surface area contributed by atoms with Crippen molar-refractivity contribution in [2.45, 2.75) is 13.8 Å². The van der Waals surface area contributed by atoms with Gasteiger partial charge in [0.15, 0.2) is 0 Å². The van der Waals surface area contributed by atoms with Gasteiger partial charge >= 0.3 is 0 Å². The number of amides is 1. The second-order valence-electron chi connectivity index (χ2n) is 5.76. The maximum Gasteiger partial charge on any atom is 0.269 e. The molecule has 0 bridgehead atoms. The van der Waals surface area contributed by atoms with Crippen LogP contribution in [-0.2, 0) is 0 Å². The first kappa shape index (κ1) is 15.5. The normalized spacial score (nSPS) is 11.0. The number of aryl methyl sites for hydroxylation is 2. The molecule has 0 saturated carbocycles. The zero-order chi connectivity index (χ0) is 17.4. The smallest absolute Gasteiger partial charge is 0.269 e. The third-order valence-corrected chi connectivity index (χ3v) is 4.83. The van der Waals surface area contributed by atoms with Crippen molar-refractivity contribution >= 4 is 28.8 Å². The lowest BCUT2D eigenvalue weighted by Gasteiger charge is -2.09. The van der Waals surface area contributed by atoms with Crippen LogP contribution in [0.25, 0.3) is 16.9 Å². The van der Waals surface area contributed by atoms with E-state index in [1.807, 2.05) is 60.1 Å². The Balaban J connectivity index is 1.69. The van der Waals surface area contributed by atoms with E-state index < -0.39 is 0 Å². The molecule has 0 fully saturated rings. The lowest BCUT2D eigenvalue weighted by Crippen LogP contribution is -2.12. The quantitative estimate of drug-likeness (QED) is 0.612. The van der Waals surface area contributed by atoms with E-state index in [4.69, 9.17) is 0 Å². The van der Waals surface area contributed by atoms with E-state index in [1.165, 1.54) is 0 Å². The van der Waals surface area contributed by atoms with Crippen LogP contribution >= 0.6 is 11.5 Å². The fraction of sp³-hybridized carbons (Fsp3) is 0.111. The predicted molar refractivity (Wildman–Crippen MR) is 98.0 cm³/mol. The van der Waals surface area contributed by atoms with Crippen LogP contribution < -0.4 is 5.32 Å². The van der Waals surface area contributed by atoms with Gasteiger partial charge in [0.25, 0.3) is 5.91 Å². The van der Waals surface area contributed by atoms with Gasteiger partial charge in [0.05, 0.1) is 11.4 Å². The molecule has 3 heterocycles. The minimum absolute atomic E-state index is 0.192. The monoisotopic (exact) mass is 349 g/mol. The number of imidazole rings is 1. The van der Waals surface area contributed by atoms with Crippen molar-refractivity contribution in [3.05, 3.63) is 64.9 Å². The van der Waals surface area contributed by atoms with Gasteiger partial charge in [-0.2, -0.15) is 0 Å². The number of aromatic nitrogens is 4. The molecule has 25 heavy (non-hydrogen) atoms. The van der Waals surface area contributed by atoms with Gasteiger partial charge in [-0.3, -0.25) is 4.79 Å². The summed E-state index contributed by atoms with van der Waals surface area (Å²) in [5.74, 6) is -0.192. The van der Waals surface area contributed by atoms with Crippen LogP contribution in [0.3, 0.4) is 0 Å². The number of hydrogen-bond acceptors (Lipinski definition) is 5. The van der Waals surface area contributed by atoms with Crippen LogP contribution in [0.5, 0.6) is 0 Å². The van der Waals surface area contributed by atoms with Gasteiger partial charge in [0.2, 0.25) is 0 Å². The van der Waals surface area contributed by atoms with Crippen molar-refractivity contribution in [1.29, 1.82) is 0 Å². The molecule has 0 spiro atoms. The molecular formula is C18H15N5OS. The first-order valence-electron chi connectivity index (χ1n) is 7.77. The maximum atomic E-state index is 12.4. The molecule has 4 aromatic rings. The number of hydrogen-bond donors (Lipinski definition) is 1. The third kappa shape index (κ3) is 2.89. The Labute approximate surface area is 148 Å². The van der Waals surface area contributed by atoms with Gasteiger partial charge in [-0.15, -0.1) is 5.10 Å². The summed E-state index contributed by atoms with van der Waals surface area (Å²) in [6.45, 7) is 3.74. The zero-order valence-corrected chi connectivity index (χ0v) is 14.5. The van der Waals surface area contributed by atoms with Crippen molar-refractivity contribution in [2.75, 3.05) is 5.32 Å². The molecule has 6 nitrogen and oxygen atoms in total. The number of fused-ring (bicyclic) bond motifs is 1. The van der Waals surface area contributed by atoms with E-state index in [-0.39, 0.29) is 5.91 Å². The molecule has 1 amide bonds. The number of benzene rings is 1. The molecule has 0 atom stereocenters. The van der Waals surface area contributed by atoms with Gasteiger partial charge in [-0.25, -0.2) is 4.98 Å². The second-order valence-corrected chi connectivity index (χ2v) is 6.52. The predicted octanol–water partition coefficient (Wildman–Crippen LogP) is 3.72. The second kappa shape index (κ2) is 6.10. The molecule has 0 aliphatic carbocycles. The van der Waals surface area contributed by atoms with Crippen molar-refractivity contribution < 1.29 is 4.79 Å². The molecule has 0 aliphatic rings. The first-order chi connectivity index (χ1) is 12.1. The summed E-state index contributed by atoms with van der Waals surface area (Å²) in [5, 5.41) is 6.84. The zero-order valence-electron chi connectivity index (χ0n) is 13.7. The summed E-state index contributed by atoms with van der Waals surface area (Å²) in [6.07, 6.45) is 3.94. The van der Waals surface area contributed by atoms with E-state index in [0.29, 0.717) is 10.6 Å². The largest absolute Gasteiger partial charge is 0.321 e. The van der Waals surface area contributed by atoms with E-state index in [0.717, 1.165) is 39.7 Å². The Morgan fingerprint density at radius 3 is 2.84 bits per heavy atom. The number of carbonyl (C=O) groups excluding carboxylic acids is 1. The van der Waals surface area contributed by atoms with Crippen LogP contribution in [0.1, 0.15) is 20.9 Å². The summed E-state index contributed by atoms with van der Waals surface area (Å²) in [6, 6.07) is 11.8. The Kier molecular flexibility index (Phi) is 3.77. The molecule has 124 valence electrons. The minimum atomic E-state index is -0.192. The lowest BCUT2D eigenvalue weighted by molar-refractivity contribution is 0.102. The molecule has 0 saturated heterocycles. The summed E-state index contributed by atoms with van der Waals surface area (Å²) in [7, 11) is 0. The summed E-state index contributed by atoms with van der Waals surface area (Å²) < 4.78 is 5.79. The van der Waals surface area contributed by atoms with Gasteiger partial charge in [0, 0.05) is 23.6 Å². The van der Waals surface area contributed by atoms with Crippen LogP contribution in [0.2, 0.25) is 0 Å². The van der Waals surface area contributed by atoms with Crippen molar-refractivity contribution in [3.63, 3.8) is 0 Å². The number of nitrogens with one attached hydrogen (secondary N) is 1. The average molecular weight is 349 g/mol. The number of carbonyl (C=O) groups is 1. The number of nitrogens with zero attached hydrogens (tertiary/aromatic N) is 4. The maximum absolute atomic E-state index is 12.4. The Morgan fingerprint density at radius 2 is 2.08 bits per heavy atom. The Morgan fingerprint density at radius 1 is 1.20 bits per heavy atom. The highest BCUT2D eigenvalue weighted by molar-refractivity contribution is 7.08. The minimum Gasteiger partial charge on any atom is -0.321 e. The van der Waals surface area contributed by atoms with Crippen molar-refractivity contribution in [2.24, 2.45) is 0 Å². The summed E-state index contributed by atoms with van der Waals surface area (Å²) in [5.41, 5.74) is 5.07.